The maximum absolute atomic E-state index is 12.9. The average molecular weight is 799 g/mol. The van der Waals surface area contributed by atoms with E-state index in [4.69, 9.17) is 5.73 Å². The van der Waals surface area contributed by atoms with E-state index >= 15 is 0 Å². The number of hydrogen-bond donors (Lipinski definition) is 5. The number of hydrogen-bond acceptors (Lipinski definition) is 7. The Morgan fingerprint density at radius 3 is 2.12 bits per heavy atom. The van der Waals surface area contributed by atoms with Crippen LogP contribution < -0.4 is 21.3 Å². The number of aromatic nitrogens is 6. The first kappa shape index (κ1) is 36.5. The first-order chi connectivity index (χ1) is 19.5. The van der Waals surface area contributed by atoms with Gasteiger partial charge in [0.05, 0.1) is 5.69 Å². The molecule has 4 rings (SSSR count). The second-order valence-corrected chi connectivity index (χ2v) is 8.54. The van der Waals surface area contributed by atoms with Crippen molar-refractivity contribution in [2.24, 2.45) is 28.2 Å². The summed E-state index contributed by atoms with van der Waals surface area (Å²) < 4.78 is 5.73. The average Bonchev–Trinajstić information content (AvgIpc) is 3.67. The summed E-state index contributed by atoms with van der Waals surface area (Å²) in [5, 5.41) is 20.8. The molecule has 4 aromatic rings. The van der Waals surface area contributed by atoms with E-state index in [0.717, 1.165) is 0 Å². The van der Waals surface area contributed by atoms with Crippen LogP contribution in [0, 0.1) is 0 Å². The van der Waals surface area contributed by atoms with Gasteiger partial charge in [-0.05, 0) is 6.07 Å². The summed E-state index contributed by atoms with van der Waals surface area (Å²) in [7, 11) is 10.9. The summed E-state index contributed by atoms with van der Waals surface area (Å²) in [4.78, 5) is 58.4. The molecule has 4 amide bonds. The Hall–Kier alpha value is -4.48. The number of anilines is 3. The molecule has 43 heavy (non-hydrogen) atoms. The van der Waals surface area contributed by atoms with Crippen molar-refractivity contribution in [3.05, 3.63) is 78.1 Å². The second kappa shape index (κ2) is 15.7. The molecule has 0 saturated heterocycles. The molecule has 0 aliphatic heterocycles. The Kier molecular flexibility index (Phi) is 13.3. The minimum absolute atomic E-state index is 0. The molecule has 0 radical (unpaired) electrons. The van der Waals surface area contributed by atoms with Crippen LogP contribution >= 0.6 is 9.42 Å². The number of carbonyl (C=O) groups excluding carboxylic acids is 4. The fourth-order valence-electron chi connectivity index (χ4n) is 3.87. The SMILES string of the molecule is Cn1cc(NC(=O)c2c(O)c(NC(=O)c3nc(NC(=O)c4nccn4C)cn3C)cn2C)cc1C(=O)NC[NH-].[Cl][Pt].[NH2-].[NH2-]. The maximum atomic E-state index is 12.9. The van der Waals surface area contributed by atoms with Crippen LogP contribution in [0.5, 0.6) is 5.75 Å². The molecule has 4 heterocycles. The van der Waals surface area contributed by atoms with E-state index in [9.17, 15) is 24.3 Å². The predicted molar refractivity (Wildman–Crippen MR) is 156 cm³/mol. The van der Waals surface area contributed by atoms with E-state index in [1.54, 1.807) is 46.1 Å². The molecule has 4 aromatic heterocycles. The summed E-state index contributed by atoms with van der Waals surface area (Å²) in [6, 6.07) is 1.43. The Balaban J connectivity index is 0.00000226. The largest absolute Gasteiger partial charge is 0.693 e. The van der Waals surface area contributed by atoms with Gasteiger partial charge in [-0.15, -0.1) is 0 Å². The number of halogens is 1. The molecule has 20 heteroatoms. The number of aryl methyl sites for hydroxylation is 4. The van der Waals surface area contributed by atoms with Crippen molar-refractivity contribution in [3.63, 3.8) is 0 Å². The zero-order valence-electron chi connectivity index (χ0n) is 23.3. The molecule has 18 nitrogen and oxygen atoms in total. The van der Waals surface area contributed by atoms with Crippen LogP contribution in [0.25, 0.3) is 18.0 Å². The molecule has 0 aliphatic carbocycles. The van der Waals surface area contributed by atoms with Crippen LogP contribution in [0.1, 0.15) is 42.2 Å². The van der Waals surface area contributed by atoms with Gasteiger partial charge in [0.15, 0.2) is 23.1 Å². The normalized spacial score (nSPS) is 9.95. The summed E-state index contributed by atoms with van der Waals surface area (Å²) in [5.41, 5.74) is 7.44. The molecule has 0 saturated carbocycles. The van der Waals surface area contributed by atoms with E-state index in [-0.39, 0.29) is 59.2 Å². The van der Waals surface area contributed by atoms with Gasteiger partial charge in [-0.3, -0.25) is 19.2 Å². The minimum atomic E-state index is -0.698. The van der Waals surface area contributed by atoms with Crippen molar-refractivity contribution in [2.45, 2.75) is 0 Å². The van der Waals surface area contributed by atoms with E-state index in [1.807, 2.05) is 0 Å². The number of carbonyl (C=O) groups is 4. The number of rotatable bonds is 8. The predicted octanol–water partition coefficient (Wildman–Crippen LogP) is 3.15. The third-order valence-corrected chi connectivity index (χ3v) is 5.71. The molecule has 0 aliphatic rings. The van der Waals surface area contributed by atoms with Gasteiger partial charge in [0.25, 0.3) is 23.6 Å². The summed E-state index contributed by atoms with van der Waals surface area (Å²) in [5.74, 6) is -2.65. The summed E-state index contributed by atoms with van der Waals surface area (Å²) >= 11 is 1.61. The van der Waals surface area contributed by atoms with Crippen molar-refractivity contribution >= 4 is 50.2 Å². The number of imidazole rings is 2. The number of aromatic hydroxyl groups is 1. The molecule has 0 atom stereocenters. The molecule has 0 unspecified atom stereocenters. The van der Waals surface area contributed by atoms with E-state index in [0.29, 0.717) is 0 Å². The second-order valence-electron chi connectivity index (χ2n) is 8.54. The first-order valence-corrected chi connectivity index (χ1v) is 14.4. The van der Waals surface area contributed by atoms with E-state index < -0.39 is 29.4 Å². The van der Waals surface area contributed by atoms with Gasteiger partial charge in [0, 0.05) is 59.2 Å². The Morgan fingerprint density at radius 2 is 1.51 bits per heavy atom. The van der Waals surface area contributed by atoms with Crippen LogP contribution in [0.2, 0.25) is 0 Å². The van der Waals surface area contributed by atoms with Crippen molar-refractivity contribution < 1.29 is 43.1 Å². The number of amides is 4. The van der Waals surface area contributed by atoms with Gasteiger partial charge < -0.3 is 62.7 Å². The van der Waals surface area contributed by atoms with Crippen molar-refractivity contribution in [1.29, 1.82) is 0 Å². The number of nitrogens with two attached hydrogens (primary N) is 2. The van der Waals surface area contributed by atoms with Gasteiger partial charge in [-0.1, -0.05) is 6.67 Å². The smallest absolute Gasteiger partial charge is 0.693 e. The van der Waals surface area contributed by atoms with Gasteiger partial charge in [-0.2, -0.15) is 0 Å². The molecule has 0 bridgehead atoms. The quantitative estimate of drug-likeness (QED) is 0.177. The molecule has 10 N–H and O–H groups in total. The third kappa shape index (κ3) is 8.08. The van der Waals surface area contributed by atoms with Gasteiger partial charge in [0.1, 0.15) is 11.4 Å². The van der Waals surface area contributed by atoms with Crippen LogP contribution in [-0.4, -0.2) is 63.6 Å². The van der Waals surface area contributed by atoms with Crippen LogP contribution in [-0.2, 0) is 47.0 Å². The maximum Gasteiger partial charge on any atom is -0.693 e. The van der Waals surface area contributed by atoms with Crippen molar-refractivity contribution in [3.8, 4) is 5.75 Å². The Morgan fingerprint density at radius 1 is 0.860 bits per heavy atom. The molecule has 0 fully saturated rings. The third-order valence-electron chi connectivity index (χ3n) is 5.71. The molecule has 0 aromatic carbocycles. The zero-order chi connectivity index (χ0) is 30.4. The number of nitrogens with one attached hydrogen (secondary N) is 5. The molecule has 237 valence electrons. The topological polar surface area (TPSA) is 273 Å². The molecular weight excluding hydrogens is 769 g/mol. The monoisotopic (exact) mass is 798 g/mol. The fourth-order valence-corrected chi connectivity index (χ4v) is 3.87. The van der Waals surface area contributed by atoms with Crippen molar-refractivity contribution in [2.75, 3.05) is 22.6 Å². The number of nitrogens with zero attached hydrogens (tertiary/aromatic N) is 6. The fraction of sp³-hybridized carbons (Fsp3) is 0.217. The summed E-state index contributed by atoms with van der Waals surface area (Å²) in [6.45, 7) is -0.295. The first-order valence-electron chi connectivity index (χ1n) is 11.5. The van der Waals surface area contributed by atoms with Crippen molar-refractivity contribution in [1.82, 2.24) is 33.6 Å². The standard InChI is InChI=1S/C23H26N11O5.ClH.2H2N.Pt/c1-31-6-5-25-18(31)22(38)30-15-10-34(4)19(29-15)23(39)28-13-9-33(3)16(17(13)35)21(37)27-12-7-14(32(2)8-12)20(36)26-11-24;;;;/h5-10,24,35H,11H2,1-4H3,(H,26,36)(H,27,37)(H,28,39)(H,30,38);1H;2*1H2;/q-1;;2*-1;+1/p-1. The van der Waals surface area contributed by atoms with Crippen LogP contribution in [0.3, 0.4) is 0 Å². The van der Waals surface area contributed by atoms with Crippen LogP contribution in [0.15, 0.2) is 37.1 Å². The van der Waals surface area contributed by atoms with Gasteiger partial charge >= 0.3 is 28.2 Å². The zero-order valence-corrected chi connectivity index (χ0v) is 26.3. The molecule has 0 spiro atoms. The van der Waals surface area contributed by atoms with Gasteiger partial charge in [-0.25, -0.2) is 9.97 Å². The minimum Gasteiger partial charge on any atom is -0.693 e. The Labute approximate surface area is 261 Å². The van der Waals surface area contributed by atoms with E-state index in [2.05, 4.69) is 40.7 Å². The van der Waals surface area contributed by atoms with Crippen LogP contribution in [0.4, 0.5) is 17.2 Å². The molecular formula is C23H30ClN13O5Pt-3. The van der Waals surface area contributed by atoms with E-state index in [1.165, 1.54) is 56.2 Å². The van der Waals surface area contributed by atoms with Gasteiger partial charge in [0.2, 0.25) is 5.82 Å². The summed E-state index contributed by atoms with van der Waals surface area (Å²) in [6.07, 6.45) is 7.39. The Bertz CT molecular complexity index is 1610.